The summed E-state index contributed by atoms with van der Waals surface area (Å²) in [5.74, 6) is 0.335. The summed E-state index contributed by atoms with van der Waals surface area (Å²) in [5.41, 5.74) is 6.20. The van der Waals surface area contributed by atoms with E-state index >= 15 is 0 Å². The van der Waals surface area contributed by atoms with Gasteiger partial charge in [-0.3, -0.25) is 4.79 Å². The molecule has 82 valence electrons. The van der Waals surface area contributed by atoms with Gasteiger partial charge in [-0.25, -0.2) is 4.98 Å². The monoisotopic (exact) mass is 228 g/mol. The molecule has 0 aliphatic rings. The van der Waals surface area contributed by atoms with Gasteiger partial charge < -0.3 is 15.2 Å². The summed E-state index contributed by atoms with van der Waals surface area (Å²) in [7, 11) is 2.86. The Morgan fingerprint density at radius 2 is 2.27 bits per heavy atom. The molecule has 0 unspecified atom stereocenters. The summed E-state index contributed by atoms with van der Waals surface area (Å²) in [6.45, 7) is 0. The number of hydrogen-bond acceptors (Lipinski definition) is 6. The van der Waals surface area contributed by atoms with E-state index in [0.717, 1.165) is 0 Å². The average Bonchev–Trinajstić information content (AvgIpc) is 2.27. The van der Waals surface area contributed by atoms with Gasteiger partial charge in [-0.2, -0.15) is 0 Å². The number of nitrogens with zero attached hydrogens (tertiary/aromatic N) is 1. The fourth-order valence-electron chi connectivity index (χ4n) is 0.850. The maximum absolute atomic E-state index is 10.9. The van der Waals surface area contributed by atoms with Crippen LogP contribution >= 0.6 is 11.8 Å². The van der Waals surface area contributed by atoms with Crippen molar-refractivity contribution in [2.45, 2.75) is 5.03 Å². The van der Waals surface area contributed by atoms with E-state index in [0.29, 0.717) is 16.6 Å². The molecule has 2 N–H and O–H groups in total. The number of hydrogen-bond donors (Lipinski definition) is 1. The molecule has 0 amide bonds. The van der Waals surface area contributed by atoms with Crippen LogP contribution in [0.5, 0.6) is 5.88 Å². The Bertz CT molecular complexity index is 357. The number of nitrogen functional groups attached to an aromatic ring is 1. The first-order chi connectivity index (χ1) is 7.17. The topological polar surface area (TPSA) is 74.4 Å². The third-order valence-electron chi connectivity index (χ3n) is 1.63. The molecule has 0 aliphatic heterocycles. The highest BCUT2D eigenvalue weighted by Gasteiger charge is 2.07. The van der Waals surface area contributed by atoms with E-state index in [4.69, 9.17) is 10.5 Å². The molecule has 0 spiro atoms. The molecular weight excluding hydrogens is 216 g/mol. The van der Waals surface area contributed by atoms with Gasteiger partial charge in [0.1, 0.15) is 5.03 Å². The summed E-state index contributed by atoms with van der Waals surface area (Å²) in [6.07, 6.45) is 0. The third kappa shape index (κ3) is 3.32. The number of carbonyl (C=O) groups is 1. The van der Waals surface area contributed by atoms with Crippen LogP contribution in [0, 0.1) is 0 Å². The summed E-state index contributed by atoms with van der Waals surface area (Å²) in [6, 6.07) is 3.35. The van der Waals surface area contributed by atoms with Crippen molar-refractivity contribution < 1.29 is 14.3 Å². The Morgan fingerprint density at radius 3 is 2.87 bits per heavy atom. The van der Waals surface area contributed by atoms with Crippen molar-refractivity contribution >= 4 is 23.4 Å². The summed E-state index contributed by atoms with van der Waals surface area (Å²) < 4.78 is 9.46. The van der Waals surface area contributed by atoms with Crippen LogP contribution in [0.25, 0.3) is 0 Å². The third-order valence-corrected chi connectivity index (χ3v) is 2.61. The lowest BCUT2D eigenvalue weighted by Crippen LogP contribution is -2.04. The highest BCUT2D eigenvalue weighted by molar-refractivity contribution is 8.00. The molecule has 5 nitrogen and oxygen atoms in total. The van der Waals surface area contributed by atoms with Crippen LogP contribution in [0.3, 0.4) is 0 Å². The Morgan fingerprint density at radius 1 is 1.53 bits per heavy atom. The Labute approximate surface area is 92.0 Å². The first kappa shape index (κ1) is 11.6. The Balaban J connectivity index is 2.70. The first-order valence-electron chi connectivity index (χ1n) is 4.17. The summed E-state index contributed by atoms with van der Waals surface area (Å²) in [5, 5.41) is 0.569. The average molecular weight is 228 g/mol. The van der Waals surface area contributed by atoms with Crippen molar-refractivity contribution in [2.24, 2.45) is 0 Å². The van der Waals surface area contributed by atoms with Crippen LogP contribution in [0.15, 0.2) is 17.2 Å². The molecule has 0 fully saturated rings. The van der Waals surface area contributed by atoms with E-state index in [1.54, 1.807) is 12.1 Å². The van der Waals surface area contributed by atoms with Gasteiger partial charge in [0, 0.05) is 6.07 Å². The molecule has 0 atom stereocenters. The normalized spacial score (nSPS) is 9.73. The zero-order valence-corrected chi connectivity index (χ0v) is 9.34. The van der Waals surface area contributed by atoms with Crippen molar-refractivity contribution in [3.05, 3.63) is 12.1 Å². The lowest BCUT2D eigenvalue weighted by Gasteiger charge is -2.05. The quantitative estimate of drug-likeness (QED) is 0.610. The molecular formula is C9H12N2O3S. The molecule has 6 heteroatoms. The summed E-state index contributed by atoms with van der Waals surface area (Å²) >= 11 is 1.22. The van der Waals surface area contributed by atoms with Gasteiger partial charge in [-0.1, -0.05) is 11.8 Å². The second-order valence-electron chi connectivity index (χ2n) is 2.61. The molecule has 0 bridgehead atoms. The predicted octanol–water partition coefficient (Wildman–Crippen LogP) is 0.937. The van der Waals surface area contributed by atoms with Crippen molar-refractivity contribution in [3.63, 3.8) is 0 Å². The number of anilines is 1. The number of rotatable bonds is 4. The maximum Gasteiger partial charge on any atom is 0.316 e. The number of ether oxygens (including phenoxy) is 2. The number of esters is 1. The first-order valence-corrected chi connectivity index (χ1v) is 5.16. The highest BCUT2D eigenvalue weighted by Crippen LogP contribution is 2.25. The molecule has 0 aliphatic carbocycles. The number of carbonyl (C=O) groups excluding carboxylic acids is 1. The van der Waals surface area contributed by atoms with Gasteiger partial charge in [0.25, 0.3) is 0 Å². The highest BCUT2D eigenvalue weighted by atomic mass is 32.2. The van der Waals surface area contributed by atoms with Crippen molar-refractivity contribution in [1.29, 1.82) is 0 Å². The van der Waals surface area contributed by atoms with E-state index in [1.165, 1.54) is 26.0 Å². The van der Waals surface area contributed by atoms with Gasteiger partial charge in [0.2, 0.25) is 5.88 Å². The van der Waals surface area contributed by atoms with E-state index in [9.17, 15) is 4.79 Å². The van der Waals surface area contributed by atoms with E-state index in [-0.39, 0.29) is 11.7 Å². The Kier molecular flexibility index (Phi) is 4.23. The molecule has 1 rings (SSSR count). The van der Waals surface area contributed by atoms with Gasteiger partial charge in [-0.05, 0) is 6.07 Å². The SMILES string of the molecule is COC(=O)CSc1nc(OC)ccc1N. The molecule has 0 saturated heterocycles. The van der Waals surface area contributed by atoms with Gasteiger partial charge in [-0.15, -0.1) is 0 Å². The predicted molar refractivity (Wildman–Crippen MR) is 57.9 cm³/mol. The number of aromatic nitrogens is 1. The van der Waals surface area contributed by atoms with Crippen LogP contribution < -0.4 is 10.5 Å². The largest absolute Gasteiger partial charge is 0.481 e. The van der Waals surface area contributed by atoms with Gasteiger partial charge in [0.15, 0.2) is 0 Å². The van der Waals surface area contributed by atoms with Crippen LogP contribution in [0.2, 0.25) is 0 Å². The molecule has 0 saturated carbocycles. The Hall–Kier alpha value is -1.43. The number of nitrogens with two attached hydrogens (primary N) is 1. The van der Waals surface area contributed by atoms with E-state index in [2.05, 4.69) is 9.72 Å². The van der Waals surface area contributed by atoms with Crippen LogP contribution in [0.1, 0.15) is 0 Å². The van der Waals surface area contributed by atoms with E-state index < -0.39 is 0 Å². The molecule has 0 radical (unpaired) electrons. The van der Waals surface area contributed by atoms with Crippen LogP contribution in [-0.2, 0) is 9.53 Å². The zero-order valence-electron chi connectivity index (χ0n) is 8.52. The van der Waals surface area contributed by atoms with Gasteiger partial charge >= 0.3 is 5.97 Å². The molecule has 1 aromatic heterocycles. The van der Waals surface area contributed by atoms with Crippen molar-refractivity contribution in [3.8, 4) is 5.88 Å². The molecule has 1 aromatic rings. The minimum Gasteiger partial charge on any atom is -0.481 e. The fourth-order valence-corrected chi connectivity index (χ4v) is 1.61. The minimum atomic E-state index is -0.316. The second-order valence-corrected chi connectivity index (χ2v) is 3.58. The smallest absolute Gasteiger partial charge is 0.316 e. The molecule has 15 heavy (non-hydrogen) atoms. The van der Waals surface area contributed by atoms with Gasteiger partial charge in [0.05, 0.1) is 25.7 Å². The number of thioether (sulfide) groups is 1. The van der Waals surface area contributed by atoms with Crippen LogP contribution in [-0.4, -0.2) is 30.9 Å². The van der Waals surface area contributed by atoms with Crippen molar-refractivity contribution in [1.82, 2.24) is 4.98 Å². The minimum absolute atomic E-state index is 0.181. The standard InChI is InChI=1S/C9H12N2O3S/c1-13-7-4-3-6(10)9(11-7)15-5-8(12)14-2/h3-4H,5,10H2,1-2H3. The summed E-state index contributed by atoms with van der Waals surface area (Å²) in [4.78, 5) is 15.0. The molecule has 0 aromatic carbocycles. The van der Waals surface area contributed by atoms with E-state index in [1.807, 2.05) is 0 Å². The zero-order chi connectivity index (χ0) is 11.3. The number of pyridine rings is 1. The lowest BCUT2D eigenvalue weighted by atomic mass is 10.4. The van der Waals surface area contributed by atoms with Crippen molar-refractivity contribution in [2.75, 3.05) is 25.7 Å². The second kappa shape index (κ2) is 5.45. The van der Waals surface area contributed by atoms with Crippen LogP contribution in [0.4, 0.5) is 5.69 Å². The maximum atomic E-state index is 10.9. The molecule has 1 heterocycles. The lowest BCUT2D eigenvalue weighted by molar-refractivity contribution is -0.137. The fraction of sp³-hybridized carbons (Fsp3) is 0.333. The number of methoxy groups -OCH3 is 2.